The van der Waals surface area contributed by atoms with Gasteiger partial charge in [-0.2, -0.15) is 0 Å². The van der Waals surface area contributed by atoms with Gasteiger partial charge in [0.2, 0.25) is 0 Å². The zero-order valence-electron chi connectivity index (χ0n) is 11.6. The van der Waals surface area contributed by atoms with E-state index in [4.69, 9.17) is 0 Å². The molecular formula is C15H23N3O. The van der Waals surface area contributed by atoms with Crippen LogP contribution in [0.1, 0.15) is 37.9 Å². The number of rotatable bonds is 3. The Labute approximate surface area is 115 Å². The van der Waals surface area contributed by atoms with E-state index in [0.717, 1.165) is 24.5 Å². The molecule has 0 spiro atoms. The van der Waals surface area contributed by atoms with Crippen LogP contribution in [-0.2, 0) is 0 Å². The number of hydrogen-bond donors (Lipinski definition) is 1. The first-order valence-corrected chi connectivity index (χ1v) is 7.37. The van der Waals surface area contributed by atoms with Crippen molar-refractivity contribution in [1.29, 1.82) is 0 Å². The van der Waals surface area contributed by atoms with E-state index in [1.807, 2.05) is 12.1 Å². The normalized spacial score (nSPS) is 26.0. The van der Waals surface area contributed by atoms with Gasteiger partial charge in [-0.1, -0.05) is 0 Å². The lowest BCUT2D eigenvalue weighted by Gasteiger charge is -2.24. The van der Waals surface area contributed by atoms with Crippen molar-refractivity contribution in [3.63, 3.8) is 0 Å². The molecule has 1 unspecified atom stereocenters. The second-order valence-corrected chi connectivity index (χ2v) is 5.75. The monoisotopic (exact) mass is 261 g/mol. The van der Waals surface area contributed by atoms with Crippen LogP contribution in [0.25, 0.3) is 0 Å². The molecule has 2 aliphatic heterocycles. The summed E-state index contributed by atoms with van der Waals surface area (Å²) in [4.78, 5) is 9.44. The topological polar surface area (TPSA) is 39.6 Å². The summed E-state index contributed by atoms with van der Waals surface area (Å²) in [5.41, 5.74) is 0.953. The van der Waals surface area contributed by atoms with Crippen LogP contribution in [0.3, 0.4) is 0 Å². The minimum Gasteiger partial charge on any atom is -0.389 e. The van der Waals surface area contributed by atoms with Crippen LogP contribution in [0.2, 0.25) is 0 Å². The van der Waals surface area contributed by atoms with Crippen molar-refractivity contribution in [1.82, 2.24) is 9.88 Å². The first-order valence-electron chi connectivity index (χ1n) is 7.37. The number of aliphatic hydroxyl groups is 1. The summed E-state index contributed by atoms with van der Waals surface area (Å²) in [6.07, 6.45) is 5.33. The average molecular weight is 261 g/mol. The van der Waals surface area contributed by atoms with Crippen molar-refractivity contribution in [2.24, 2.45) is 0 Å². The van der Waals surface area contributed by atoms with Gasteiger partial charge in [-0.15, -0.1) is 0 Å². The number of hydrogen-bond acceptors (Lipinski definition) is 4. The Morgan fingerprint density at radius 3 is 2.84 bits per heavy atom. The number of aliphatic hydroxyl groups excluding tert-OH is 1. The van der Waals surface area contributed by atoms with E-state index in [0.29, 0.717) is 6.04 Å². The van der Waals surface area contributed by atoms with E-state index in [2.05, 4.69) is 14.8 Å². The van der Waals surface area contributed by atoms with Crippen LogP contribution in [0.4, 0.5) is 5.82 Å². The van der Waals surface area contributed by atoms with E-state index in [9.17, 15) is 5.11 Å². The molecule has 3 rings (SSSR count). The Balaban J connectivity index is 1.68. The lowest BCUT2D eigenvalue weighted by atomic mass is 10.2. The number of anilines is 1. The molecule has 4 heteroatoms. The highest BCUT2D eigenvalue weighted by atomic mass is 16.3. The molecule has 0 amide bonds. The summed E-state index contributed by atoms with van der Waals surface area (Å²) >= 11 is 0. The molecule has 0 saturated carbocycles. The van der Waals surface area contributed by atoms with Crippen molar-refractivity contribution in [2.75, 3.05) is 31.1 Å². The van der Waals surface area contributed by atoms with Crippen LogP contribution in [0.15, 0.2) is 18.3 Å². The second kappa shape index (κ2) is 5.47. The Morgan fingerprint density at radius 1 is 1.32 bits per heavy atom. The van der Waals surface area contributed by atoms with Crippen molar-refractivity contribution in [3.05, 3.63) is 23.9 Å². The fourth-order valence-corrected chi connectivity index (χ4v) is 3.22. The minimum absolute atomic E-state index is 0.418. The maximum atomic E-state index is 9.66. The Bertz CT molecular complexity index is 429. The van der Waals surface area contributed by atoms with E-state index in [-0.39, 0.29) is 0 Å². The van der Waals surface area contributed by atoms with E-state index >= 15 is 0 Å². The molecule has 0 aliphatic carbocycles. The van der Waals surface area contributed by atoms with Gasteiger partial charge in [-0.3, -0.25) is 4.90 Å². The highest BCUT2D eigenvalue weighted by molar-refractivity contribution is 5.43. The van der Waals surface area contributed by atoms with E-state index in [1.54, 1.807) is 13.1 Å². The first-order chi connectivity index (χ1) is 9.24. The lowest BCUT2D eigenvalue weighted by molar-refractivity contribution is 0.199. The third kappa shape index (κ3) is 2.74. The van der Waals surface area contributed by atoms with Gasteiger partial charge in [0.1, 0.15) is 5.82 Å². The molecule has 0 bridgehead atoms. The maximum Gasteiger partial charge on any atom is 0.128 e. The second-order valence-electron chi connectivity index (χ2n) is 5.75. The number of pyridine rings is 1. The number of nitrogens with zero attached hydrogens (tertiary/aromatic N) is 3. The van der Waals surface area contributed by atoms with Gasteiger partial charge in [0.15, 0.2) is 0 Å². The SMILES string of the molecule is C[C@@H](O)c1ccnc(N2CCC(N3CCCC3)C2)c1. The molecule has 3 heterocycles. The average Bonchev–Trinajstić information content (AvgIpc) is 3.09. The Hall–Kier alpha value is -1.13. The first kappa shape index (κ1) is 12.9. The van der Waals surface area contributed by atoms with Gasteiger partial charge in [0, 0.05) is 25.3 Å². The van der Waals surface area contributed by atoms with Gasteiger partial charge in [-0.25, -0.2) is 4.98 Å². The van der Waals surface area contributed by atoms with Crippen LogP contribution in [0, 0.1) is 0 Å². The van der Waals surface area contributed by atoms with Gasteiger partial charge in [-0.05, 0) is 57.0 Å². The van der Waals surface area contributed by atoms with Gasteiger partial charge in [0.25, 0.3) is 0 Å². The number of likely N-dealkylation sites (tertiary alicyclic amines) is 1. The fourth-order valence-electron chi connectivity index (χ4n) is 3.22. The summed E-state index contributed by atoms with van der Waals surface area (Å²) in [6.45, 7) is 6.49. The molecule has 0 radical (unpaired) electrons. The largest absolute Gasteiger partial charge is 0.389 e. The highest BCUT2D eigenvalue weighted by Gasteiger charge is 2.29. The van der Waals surface area contributed by atoms with Crippen molar-refractivity contribution >= 4 is 5.82 Å². The molecular weight excluding hydrogens is 238 g/mol. The maximum absolute atomic E-state index is 9.66. The lowest BCUT2D eigenvalue weighted by Crippen LogP contribution is -2.35. The Kier molecular flexibility index (Phi) is 3.71. The summed E-state index contributed by atoms with van der Waals surface area (Å²) in [5, 5.41) is 9.66. The molecule has 1 N–H and O–H groups in total. The van der Waals surface area contributed by atoms with Gasteiger partial charge >= 0.3 is 0 Å². The molecule has 1 aromatic heterocycles. The molecule has 104 valence electrons. The van der Waals surface area contributed by atoms with Crippen molar-refractivity contribution in [2.45, 2.75) is 38.3 Å². The molecule has 4 nitrogen and oxygen atoms in total. The zero-order chi connectivity index (χ0) is 13.2. The van der Waals surface area contributed by atoms with Gasteiger partial charge < -0.3 is 10.0 Å². The standard InChI is InChI=1S/C15H23N3O/c1-12(19)13-4-6-16-15(10-13)18-9-5-14(11-18)17-7-2-3-8-17/h4,6,10,12,14,19H,2-3,5,7-9,11H2,1H3/t12-,14?/m1/s1. The van der Waals surface area contributed by atoms with Gasteiger partial charge in [0.05, 0.1) is 6.10 Å². The third-order valence-corrected chi connectivity index (χ3v) is 4.40. The van der Waals surface area contributed by atoms with Crippen LogP contribution in [-0.4, -0.2) is 47.2 Å². The highest BCUT2D eigenvalue weighted by Crippen LogP contribution is 2.25. The van der Waals surface area contributed by atoms with Crippen molar-refractivity contribution < 1.29 is 5.11 Å². The molecule has 0 aromatic carbocycles. The molecule has 19 heavy (non-hydrogen) atoms. The van der Waals surface area contributed by atoms with Crippen LogP contribution in [0.5, 0.6) is 0 Å². The predicted octanol–water partition coefficient (Wildman–Crippen LogP) is 1.81. The van der Waals surface area contributed by atoms with Crippen LogP contribution >= 0.6 is 0 Å². The van der Waals surface area contributed by atoms with Crippen molar-refractivity contribution in [3.8, 4) is 0 Å². The van der Waals surface area contributed by atoms with E-state index in [1.165, 1.54) is 32.4 Å². The molecule has 2 aliphatic rings. The summed E-state index contributed by atoms with van der Waals surface area (Å²) < 4.78 is 0. The molecule has 2 saturated heterocycles. The third-order valence-electron chi connectivity index (χ3n) is 4.40. The molecule has 2 atom stereocenters. The summed E-state index contributed by atoms with van der Waals surface area (Å²) in [7, 11) is 0. The minimum atomic E-state index is -0.418. The summed E-state index contributed by atoms with van der Waals surface area (Å²) in [6, 6.07) is 4.61. The molecule has 1 aromatic rings. The predicted molar refractivity (Wildman–Crippen MR) is 76.3 cm³/mol. The quantitative estimate of drug-likeness (QED) is 0.901. The van der Waals surface area contributed by atoms with Crippen LogP contribution < -0.4 is 4.90 Å². The number of aromatic nitrogens is 1. The fraction of sp³-hybridized carbons (Fsp3) is 0.667. The van der Waals surface area contributed by atoms with E-state index < -0.39 is 6.10 Å². The summed E-state index contributed by atoms with van der Waals surface area (Å²) in [5.74, 6) is 1.01. The Morgan fingerprint density at radius 2 is 2.11 bits per heavy atom. The smallest absolute Gasteiger partial charge is 0.128 e. The molecule has 2 fully saturated rings. The zero-order valence-corrected chi connectivity index (χ0v) is 11.6.